The van der Waals surface area contributed by atoms with Gasteiger partial charge in [0.15, 0.2) is 5.13 Å². The summed E-state index contributed by atoms with van der Waals surface area (Å²) >= 11 is 11.1. The monoisotopic (exact) mass is 508 g/mol. The number of carbonyl (C=O) groups excluding carboxylic acids is 1. The Labute approximate surface area is 208 Å². The van der Waals surface area contributed by atoms with Crippen LogP contribution in [0.3, 0.4) is 0 Å². The van der Waals surface area contributed by atoms with Crippen LogP contribution in [0.15, 0.2) is 76.7 Å². The van der Waals surface area contributed by atoms with Gasteiger partial charge in [0.1, 0.15) is 0 Å². The number of carbonyl (C=O) groups is 1. The van der Waals surface area contributed by atoms with E-state index in [4.69, 9.17) is 21.7 Å². The van der Waals surface area contributed by atoms with Crippen molar-refractivity contribution in [2.24, 2.45) is 5.10 Å². The van der Waals surface area contributed by atoms with Crippen molar-refractivity contribution < 1.29 is 4.79 Å². The molecule has 4 heterocycles. The highest BCUT2D eigenvalue weighted by Gasteiger charge is 2.59. The molecule has 0 radical (unpaired) electrons. The maximum Gasteiger partial charge on any atom is 0.241 e. The minimum Gasteiger partial charge on any atom is -0.273 e. The van der Waals surface area contributed by atoms with Gasteiger partial charge in [-0.05, 0) is 54.8 Å². The standard InChI is InChI=1S/C24H17ClN4OS3/c1-15-19(13-18-8-5-11-31-18)24(29(27-15)17-7-4-6-16(25)12-17)28(22(30)14-32-24)23-26-20-9-2-3-10-21(20)33-23/h2-13H,14H2,1H3. The summed E-state index contributed by atoms with van der Waals surface area (Å²) in [5, 5.41) is 10.2. The first kappa shape index (κ1) is 20.9. The molecular weight excluding hydrogens is 492 g/mol. The Balaban J connectivity index is 1.59. The number of nitrogens with zero attached hydrogens (tertiary/aromatic N) is 4. The Hall–Kier alpha value is -2.65. The van der Waals surface area contributed by atoms with E-state index in [0.717, 1.165) is 32.1 Å². The zero-order valence-electron chi connectivity index (χ0n) is 17.4. The van der Waals surface area contributed by atoms with Crippen LogP contribution >= 0.6 is 46.0 Å². The third kappa shape index (κ3) is 3.32. The molecule has 9 heteroatoms. The lowest BCUT2D eigenvalue weighted by atomic mass is 10.1. The van der Waals surface area contributed by atoms with Crippen LogP contribution in [0.2, 0.25) is 5.02 Å². The van der Waals surface area contributed by atoms with Gasteiger partial charge < -0.3 is 0 Å². The number of halogens is 1. The first-order chi connectivity index (χ1) is 16.1. The number of anilines is 2. The van der Waals surface area contributed by atoms with Crippen molar-refractivity contribution in [2.45, 2.75) is 11.9 Å². The zero-order chi connectivity index (χ0) is 22.6. The molecule has 0 bridgehead atoms. The molecule has 164 valence electrons. The molecule has 2 aliphatic rings. The maximum atomic E-state index is 13.5. The Kier molecular flexibility index (Phi) is 5.06. The van der Waals surface area contributed by atoms with Crippen LogP contribution in [0.25, 0.3) is 16.3 Å². The molecule has 0 aliphatic carbocycles. The van der Waals surface area contributed by atoms with Crippen LogP contribution in [-0.4, -0.2) is 27.4 Å². The summed E-state index contributed by atoms with van der Waals surface area (Å²) in [5.41, 5.74) is 3.53. The largest absolute Gasteiger partial charge is 0.273 e. The molecule has 33 heavy (non-hydrogen) atoms. The van der Waals surface area contributed by atoms with E-state index in [0.29, 0.717) is 15.9 Å². The second-order valence-corrected chi connectivity index (χ2v) is 11.2. The minimum atomic E-state index is -0.885. The topological polar surface area (TPSA) is 48.8 Å². The number of amides is 1. The summed E-state index contributed by atoms with van der Waals surface area (Å²) in [5.74, 6) is 0.338. The highest BCUT2D eigenvalue weighted by atomic mass is 35.5. The van der Waals surface area contributed by atoms with Gasteiger partial charge in [0, 0.05) is 15.5 Å². The fraction of sp³-hybridized carbons (Fsp3) is 0.125. The number of hydrogen-bond donors (Lipinski definition) is 0. The number of thioether (sulfide) groups is 1. The lowest BCUT2D eigenvalue weighted by Gasteiger charge is -2.40. The van der Waals surface area contributed by atoms with Crippen molar-refractivity contribution >= 4 is 84.8 Å². The molecule has 4 aromatic rings. The third-order valence-corrected chi connectivity index (χ3v) is 9.03. The summed E-state index contributed by atoms with van der Waals surface area (Å²) in [4.78, 5) is 20.3. The number of benzene rings is 2. The Morgan fingerprint density at radius 2 is 2.00 bits per heavy atom. The van der Waals surface area contributed by atoms with Crippen molar-refractivity contribution in [3.05, 3.63) is 81.5 Å². The predicted molar refractivity (Wildman–Crippen MR) is 142 cm³/mol. The van der Waals surface area contributed by atoms with Crippen LogP contribution < -0.4 is 9.91 Å². The van der Waals surface area contributed by atoms with Gasteiger partial charge in [0.05, 0.1) is 27.4 Å². The van der Waals surface area contributed by atoms with Gasteiger partial charge in [-0.3, -0.25) is 4.79 Å². The predicted octanol–water partition coefficient (Wildman–Crippen LogP) is 6.72. The Bertz CT molecular complexity index is 1410. The van der Waals surface area contributed by atoms with Gasteiger partial charge in [0.25, 0.3) is 0 Å². The van der Waals surface area contributed by atoms with Crippen molar-refractivity contribution in [3.8, 4) is 0 Å². The van der Waals surface area contributed by atoms with Gasteiger partial charge >= 0.3 is 0 Å². The molecule has 1 fully saturated rings. The number of hydrogen-bond acceptors (Lipinski definition) is 7. The van der Waals surface area contributed by atoms with Crippen LogP contribution in [0.1, 0.15) is 11.8 Å². The number of aromatic nitrogens is 1. The van der Waals surface area contributed by atoms with Gasteiger partial charge in [-0.1, -0.05) is 59.0 Å². The van der Waals surface area contributed by atoms with E-state index in [-0.39, 0.29) is 5.91 Å². The van der Waals surface area contributed by atoms with Gasteiger partial charge in [-0.2, -0.15) is 5.10 Å². The molecule has 0 N–H and O–H groups in total. The quantitative estimate of drug-likeness (QED) is 0.308. The molecule has 1 saturated heterocycles. The van der Waals surface area contributed by atoms with Gasteiger partial charge in [-0.15, -0.1) is 11.3 Å². The molecular formula is C24H17ClN4OS3. The van der Waals surface area contributed by atoms with E-state index in [9.17, 15) is 4.79 Å². The summed E-state index contributed by atoms with van der Waals surface area (Å²) in [7, 11) is 0. The van der Waals surface area contributed by atoms with Crippen LogP contribution in [0, 0.1) is 0 Å². The second-order valence-electron chi connectivity index (χ2n) is 7.64. The molecule has 1 spiro atoms. The van der Waals surface area contributed by atoms with Crippen LogP contribution in [0.4, 0.5) is 10.8 Å². The Morgan fingerprint density at radius 3 is 2.79 bits per heavy atom. The SMILES string of the molecule is CC1=NN(c2cccc(Cl)c2)C2(SCC(=O)N2c2nc3ccccc3s2)C1=Cc1cccs1. The average molecular weight is 509 g/mol. The number of thiophene rings is 1. The fourth-order valence-electron chi connectivity index (χ4n) is 4.18. The summed E-state index contributed by atoms with van der Waals surface area (Å²) in [6.07, 6.45) is 2.14. The molecule has 2 aromatic carbocycles. The lowest BCUT2D eigenvalue weighted by Crippen LogP contribution is -2.54. The molecule has 5 nitrogen and oxygen atoms in total. The number of hydrazone groups is 1. The number of para-hydroxylation sites is 1. The summed E-state index contributed by atoms with van der Waals surface area (Å²) in [6.45, 7) is 1.99. The normalized spacial score (nSPS) is 21.7. The molecule has 1 unspecified atom stereocenters. The van der Waals surface area contributed by atoms with Crippen LogP contribution in [-0.2, 0) is 4.79 Å². The molecule has 1 atom stereocenters. The maximum absolute atomic E-state index is 13.5. The van der Waals surface area contributed by atoms with Crippen LogP contribution in [0.5, 0.6) is 0 Å². The highest BCUT2D eigenvalue weighted by molar-refractivity contribution is 8.02. The Morgan fingerprint density at radius 1 is 1.12 bits per heavy atom. The van der Waals surface area contributed by atoms with E-state index in [1.807, 2.05) is 76.8 Å². The molecule has 0 saturated carbocycles. The molecule has 6 rings (SSSR count). The lowest BCUT2D eigenvalue weighted by molar-refractivity contribution is -0.116. The molecule has 2 aliphatic heterocycles. The highest BCUT2D eigenvalue weighted by Crippen LogP contribution is 2.54. The fourth-order valence-corrected chi connectivity index (χ4v) is 7.51. The molecule has 2 aromatic heterocycles. The van der Waals surface area contributed by atoms with E-state index < -0.39 is 4.99 Å². The summed E-state index contributed by atoms with van der Waals surface area (Å²) < 4.78 is 1.04. The van der Waals surface area contributed by atoms with E-state index in [1.165, 1.54) is 11.3 Å². The second kappa shape index (κ2) is 7.99. The van der Waals surface area contributed by atoms with E-state index >= 15 is 0 Å². The third-order valence-electron chi connectivity index (χ3n) is 5.58. The summed E-state index contributed by atoms with van der Waals surface area (Å²) in [6, 6.07) is 19.7. The smallest absolute Gasteiger partial charge is 0.241 e. The van der Waals surface area contributed by atoms with E-state index in [1.54, 1.807) is 23.1 Å². The van der Waals surface area contributed by atoms with Gasteiger partial charge in [-0.25, -0.2) is 14.9 Å². The minimum absolute atomic E-state index is 0.00747. The first-order valence-electron chi connectivity index (χ1n) is 10.3. The van der Waals surface area contributed by atoms with Crippen molar-refractivity contribution in [2.75, 3.05) is 15.7 Å². The van der Waals surface area contributed by atoms with Crippen molar-refractivity contribution in [3.63, 3.8) is 0 Å². The average Bonchev–Trinajstić information content (AvgIpc) is 3.57. The first-order valence-corrected chi connectivity index (χ1v) is 13.3. The van der Waals surface area contributed by atoms with Gasteiger partial charge in [0.2, 0.25) is 10.9 Å². The number of thiazole rings is 1. The van der Waals surface area contributed by atoms with E-state index in [2.05, 4.69) is 12.1 Å². The zero-order valence-corrected chi connectivity index (χ0v) is 20.6. The van der Waals surface area contributed by atoms with Crippen molar-refractivity contribution in [1.82, 2.24) is 4.98 Å². The van der Waals surface area contributed by atoms with Crippen molar-refractivity contribution in [1.29, 1.82) is 0 Å². The molecule has 1 amide bonds. The number of fused-ring (bicyclic) bond motifs is 1. The number of rotatable bonds is 3.